The van der Waals surface area contributed by atoms with E-state index in [1.165, 1.54) is 212 Å². The SMILES string of the molecule is CCC/C=C/CC/C=C/CC/C=C/C(O)C(CO)NC(=O)CCCCCCCCCCCCCCCCCCCCCCCCCCCCCCCCCCCC. The van der Waals surface area contributed by atoms with Crippen LogP contribution in [0.2, 0.25) is 0 Å². The first-order valence-electron chi connectivity index (χ1n) is 25.7. The van der Waals surface area contributed by atoms with Crippen molar-refractivity contribution in [2.24, 2.45) is 0 Å². The molecule has 3 N–H and O–H groups in total. The van der Waals surface area contributed by atoms with Crippen LogP contribution in [-0.4, -0.2) is 34.9 Å². The Kier molecular flexibility index (Phi) is 47.8. The minimum atomic E-state index is -0.866. The van der Waals surface area contributed by atoms with Crippen LogP contribution < -0.4 is 5.32 Å². The second-order valence-corrected chi connectivity index (χ2v) is 17.6. The summed E-state index contributed by atoms with van der Waals surface area (Å²) in [6.45, 7) is 4.23. The molecule has 0 aliphatic heterocycles. The Bertz CT molecular complexity index is 866. The Morgan fingerprint density at radius 3 is 0.982 bits per heavy atom. The summed E-state index contributed by atoms with van der Waals surface area (Å²) in [4.78, 5) is 12.4. The summed E-state index contributed by atoms with van der Waals surface area (Å²) in [7, 11) is 0. The Balaban J connectivity index is 3.38. The fraction of sp³-hybridized carbons (Fsp3) is 0.868. The average molecular weight is 800 g/mol. The highest BCUT2D eigenvalue weighted by Crippen LogP contribution is 2.17. The monoisotopic (exact) mass is 800 g/mol. The number of unbranched alkanes of at least 4 members (excludes halogenated alkanes) is 36. The Labute approximate surface area is 357 Å². The van der Waals surface area contributed by atoms with Crippen LogP contribution in [0, 0.1) is 0 Å². The van der Waals surface area contributed by atoms with E-state index in [0.717, 1.165) is 44.9 Å². The third kappa shape index (κ3) is 45.5. The third-order valence-corrected chi connectivity index (χ3v) is 11.8. The van der Waals surface area contributed by atoms with Gasteiger partial charge in [-0.3, -0.25) is 4.79 Å². The van der Waals surface area contributed by atoms with Crippen LogP contribution in [0.5, 0.6) is 0 Å². The third-order valence-electron chi connectivity index (χ3n) is 11.8. The van der Waals surface area contributed by atoms with Crippen molar-refractivity contribution in [3.05, 3.63) is 36.5 Å². The summed E-state index contributed by atoms with van der Waals surface area (Å²) < 4.78 is 0. The van der Waals surface area contributed by atoms with Gasteiger partial charge in [0.2, 0.25) is 5.91 Å². The van der Waals surface area contributed by atoms with Gasteiger partial charge in [0.15, 0.2) is 0 Å². The number of carbonyl (C=O) groups excluding carboxylic acids is 1. The van der Waals surface area contributed by atoms with E-state index in [4.69, 9.17) is 0 Å². The first-order valence-corrected chi connectivity index (χ1v) is 25.7. The fourth-order valence-electron chi connectivity index (χ4n) is 7.93. The lowest BCUT2D eigenvalue weighted by atomic mass is 10.0. The minimum Gasteiger partial charge on any atom is -0.394 e. The lowest BCUT2D eigenvalue weighted by Gasteiger charge is -2.19. The number of aliphatic hydroxyl groups is 2. The van der Waals surface area contributed by atoms with Gasteiger partial charge in [0.1, 0.15) is 0 Å². The molecule has 0 saturated heterocycles. The Morgan fingerprint density at radius 2 is 0.684 bits per heavy atom. The number of amides is 1. The van der Waals surface area contributed by atoms with Crippen LogP contribution in [0.25, 0.3) is 0 Å². The molecule has 4 heteroatoms. The van der Waals surface area contributed by atoms with Crippen molar-refractivity contribution in [1.29, 1.82) is 0 Å². The van der Waals surface area contributed by atoms with Crippen molar-refractivity contribution in [3.8, 4) is 0 Å². The molecule has 0 radical (unpaired) electrons. The van der Waals surface area contributed by atoms with E-state index >= 15 is 0 Å². The molecule has 0 rings (SSSR count). The Hall–Kier alpha value is -1.39. The zero-order chi connectivity index (χ0) is 41.4. The quantitative estimate of drug-likeness (QED) is 0.0424. The van der Waals surface area contributed by atoms with E-state index < -0.39 is 12.1 Å². The van der Waals surface area contributed by atoms with Gasteiger partial charge in [0.05, 0.1) is 18.8 Å². The average Bonchev–Trinajstić information content (AvgIpc) is 3.22. The van der Waals surface area contributed by atoms with Gasteiger partial charge in [-0.25, -0.2) is 0 Å². The van der Waals surface area contributed by atoms with Gasteiger partial charge in [0, 0.05) is 6.42 Å². The van der Waals surface area contributed by atoms with E-state index in [1.807, 2.05) is 6.08 Å². The summed E-state index contributed by atoms with van der Waals surface area (Å²) in [5.74, 6) is -0.0756. The Morgan fingerprint density at radius 1 is 0.404 bits per heavy atom. The van der Waals surface area contributed by atoms with Crippen molar-refractivity contribution >= 4 is 5.91 Å². The summed E-state index contributed by atoms with van der Waals surface area (Å²) in [5.41, 5.74) is 0. The van der Waals surface area contributed by atoms with E-state index in [9.17, 15) is 15.0 Å². The maximum atomic E-state index is 12.4. The highest BCUT2D eigenvalue weighted by atomic mass is 16.3. The van der Waals surface area contributed by atoms with Crippen molar-refractivity contribution in [3.63, 3.8) is 0 Å². The first kappa shape index (κ1) is 55.6. The van der Waals surface area contributed by atoms with Gasteiger partial charge in [-0.2, -0.15) is 0 Å². The molecule has 0 aliphatic carbocycles. The summed E-state index contributed by atoms with van der Waals surface area (Å²) in [6.07, 6.45) is 66.0. The van der Waals surface area contributed by atoms with Gasteiger partial charge in [-0.1, -0.05) is 269 Å². The minimum absolute atomic E-state index is 0.0756. The van der Waals surface area contributed by atoms with Crippen molar-refractivity contribution in [2.75, 3.05) is 6.61 Å². The molecular formula is C53H101NO3. The smallest absolute Gasteiger partial charge is 0.220 e. The molecule has 0 aromatic rings. The largest absolute Gasteiger partial charge is 0.394 e. The van der Waals surface area contributed by atoms with Crippen LogP contribution in [0.1, 0.15) is 277 Å². The molecule has 57 heavy (non-hydrogen) atoms. The molecule has 0 aliphatic rings. The number of carbonyl (C=O) groups is 1. The van der Waals surface area contributed by atoms with Crippen LogP contribution in [0.15, 0.2) is 36.5 Å². The van der Waals surface area contributed by atoms with Gasteiger partial charge >= 0.3 is 0 Å². The number of hydrogen-bond donors (Lipinski definition) is 3. The second kappa shape index (κ2) is 49.0. The van der Waals surface area contributed by atoms with Gasteiger partial charge in [0.25, 0.3) is 0 Å². The van der Waals surface area contributed by atoms with Gasteiger partial charge in [-0.05, 0) is 38.5 Å². The molecule has 0 aromatic heterocycles. The number of nitrogens with one attached hydrogen (secondary N) is 1. The van der Waals surface area contributed by atoms with Crippen LogP contribution in [0.3, 0.4) is 0 Å². The van der Waals surface area contributed by atoms with Crippen LogP contribution in [0.4, 0.5) is 0 Å². The molecule has 0 aromatic carbocycles. The molecule has 0 fully saturated rings. The van der Waals surface area contributed by atoms with E-state index in [2.05, 4.69) is 43.5 Å². The van der Waals surface area contributed by atoms with E-state index in [-0.39, 0.29) is 12.5 Å². The predicted molar refractivity (Wildman–Crippen MR) is 253 cm³/mol. The maximum absolute atomic E-state index is 12.4. The van der Waals surface area contributed by atoms with Gasteiger partial charge < -0.3 is 15.5 Å². The fourth-order valence-corrected chi connectivity index (χ4v) is 7.93. The summed E-state index contributed by atoms with van der Waals surface area (Å²) >= 11 is 0. The summed E-state index contributed by atoms with van der Waals surface area (Å²) in [6, 6.07) is -0.641. The van der Waals surface area contributed by atoms with Crippen molar-refractivity contribution < 1.29 is 15.0 Å². The topological polar surface area (TPSA) is 69.6 Å². The van der Waals surface area contributed by atoms with Crippen molar-refractivity contribution in [2.45, 2.75) is 289 Å². The molecule has 0 heterocycles. The molecule has 336 valence electrons. The second-order valence-electron chi connectivity index (χ2n) is 17.6. The molecule has 0 bridgehead atoms. The number of allylic oxidation sites excluding steroid dienone is 5. The predicted octanol–water partition coefficient (Wildman–Crippen LogP) is 16.5. The van der Waals surface area contributed by atoms with Crippen LogP contribution in [-0.2, 0) is 4.79 Å². The van der Waals surface area contributed by atoms with E-state index in [0.29, 0.717) is 6.42 Å². The lowest BCUT2D eigenvalue weighted by Crippen LogP contribution is -2.45. The summed E-state index contributed by atoms with van der Waals surface area (Å²) in [5, 5.41) is 22.9. The maximum Gasteiger partial charge on any atom is 0.220 e. The molecule has 1 amide bonds. The molecule has 0 spiro atoms. The van der Waals surface area contributed by atoms with E-state index in [1.54, 1.807) is 6.08 Å². The number of rotatable bonds is 47. The highest BCUT2D eigenvalue weighted by molar-refractivity contribution is 5.76. The highest BCUT2D eigenvalue weighted by Gasteiger charge is 2.17. The zero-order valence-corrected chi connectivity index (χ0v) is 38.6. The molecular weight excluding hydrogens is 699 g/mol. The van der Waals surface area contributed by atoms with Gasteiger partial charge in [-0.15, -0.1) is 0 Å². The standard InChI is InChI=1S/C53H101NO3/c1-3-5-7-9-11-13-15-16-17-18-19-20-21-22-23-24-25-26-27-28-29-30-31-32-33-34-35-36-37-39-41-43-45-47-49-53(57)54-51(50-55)52(56)48-46-44-42-40-38-14-12-10-8-6-4-2/h8,10,38,40,46,48,51-52,55-56H,3-7,9,11-37,39,41-45,47,49-50H2,1-2H3,(H,54,57)/b10-8+,40-38+,48-46+. The zero-order valence-electron chi connectivity index (χ0n) is 38.6. The molecule has 2 unspecified atom stereocenters. The normalized spacial score (nSPS) is 13.1. The van der Waals surface area contributed by atoms with Crippen molar-refractivity contribution in [1.82, 2.24) is 5.32 Å². The molecule has 2 atom stereocenters. The lowest BCUT2D eigenvalue weighted by molar-refractivity contribution is -0.123. The molecule has 4 nitrogen and oxygen atoms in total. The first-order chi connectivity index (χ1) is 28.2. The number of aliphatic hydroxyl groups excluding tert-OH is 2. The number of hydrogen-bond acceptors (Lipinski definition) is 3. The molecule has 0 saturated carbocycles. The van der Waals surface area contributed by atoms with Crippen LogP contribution >= 0.6 is 0 Å².